The molecular formula is C24H35N5O2. The van der Waals surface area contributed by atoms with Crippen LogP contribution >= 0.6 is 0 Å². The summed E-state index contributed by atoms with van der Waals surface area (Å²) in [6.45, 7) is 7.93. The number of aryl methyl sites for hydroxylation is 1. The summed E-state index contributed by atoms with van der Waals surface area (Å²) in [5, 5.41) is 7.81. The molecule has 1 aromatic heterocycles. The predicted molar refractivity (Wildman–Crippen MR) is 122 cm³/mol. The van der Waals surface area contributed by atoms with Crippen molar-refractivity contribution in [2.24, 2.45) is 12.0 Å². The monoisotopic (exact) mass is 425 g/mol. The SMILES string of the molecule is CCNC(=NCc1cccc(COC2CCOCC2)c1)N1CCC(c2cnn(C)c2)C1. The summed E-state index contributed by atoms with van der Waals surface area (Å²) in [4.78, 5) is 7.32. The number of hydrogen-bond donors (Lipinski definition) is 1. The largest absolute Gasteiger partial charge is 0.381 e. The van der Waals surface area contributed by atoms with E-state index in [0.717, 1.165) is 58.1 Å². The van der Waals surface area contributed by atoms with Gasteiger partial charge >= 0.3 is 0 Å². The van der Waals surface area contributed by atoms with Gasteiger partial charge < -0.3 is 19.7 Å². The van der Waals surface area contributed by atoms with E-state index in [1.54, 1.807) is 0 Å². The molecule has 2 aromatic rings. The minimum atomic E-state index is 0.318. The Kier molecular flexibility index (Phi) is 7.59. The Morgan fingerprint density at radius 1 is 1.26 bits per heavy atom. The van der Waals surface area contributed by atoms with Gasteiger partial charge in [-0.3, -0.25) is 4.68 Å². The van der Waals surface area contributed by atoms with E-state index < -0.39 is 0 Å². The van der Waals surface area contributed by atoms with E-state index in [1.165, 1.54) is 16.7 Å². The highest BCUT2D eigenvalue weighted by molar-refractivity contribution is 5.80. The minimum absolute atomic E-state index is 0.318. The second-order valence-electron chi connectivity index (χ2n) is 8.49. The molecule has 168 valence electrons. The van der Waals surface area contributed by atoms with E-state index in [2.05, 4.69) is 52.7 Å². The van der Waals surface area contributed by atoms with Crippen LogP contribution in [0.25, 0.3) is 0 Å². The molecule has 1 aromatic carbocycles. The molecule has 31 heavy (non-hydrogen) atoms. The third-order valence-corrected chi connectivity index (χ3v) is 6.08. The van der Waals surface area contributed by atoms with Gasteiger partial charge in [0.25, 0.3) is 0 Å². The van der Waals surface area contributed by atoms with Crippen LogP contribution in [0.1, 0.15) is 48.8 Å². The summed E-state index contributed by atoms with van der Waals surface area (Å²) < 4.78 is 13.4. The zero-order valence-electron chi connectivity index (χ0n) is 18.8. The van der Waals surface area contributed by atoms with Crippen molar-refractivity contribution >= 4 is 5.96 Å². The van der Waals surface area contributed by atoms with Crippen LogP contribution in [0, 0.1) is 0 Å². The van der Waals surface area contributed by atoms with E-state index in [9.17, 15) is 0 Å². The molecule has 2 aliphatic rings. The summed E-state index contributed by atoms with van der Waals surface area (Å²) in [5.41, 5.74) is 3.74. The molecule has 0 amide bonds. The van der Waals surface area contributed by atoms with Crippen LogP contribution in [0.3, 0.4) is 0 Å². The number of likely N-dealkylation sites (tertiary alicyclic amines) is 1. The average molecular weight is 426 g/mol. The molecule has 0 spiro atoms. The highest BCUT2D eigenvalue weighted by Gasteiger charge is 2.26. The minimum Gasteiger partial charge on any atom is -0.381 e. The molecule has 0 saturated carbocycles. The fraction of sp³-hybridized carbons (Fsp3) is 0.583. The lowest BCUT2D eigenvalue weighted by molar-refractivity contribution is -0.0390. The van der Waals surface area contributed by atoms with Gasteiger partial charge in [0.2, 0.25) is 0 Å². The molecule has 1 N–H and O–H groups in total. The zero-order chi connectivity index (χ0) is 21.5. The molecule has 1 atom stereocenters. The van der Waals surface area contributed by atoms with Crippen molar-refractivity contribution in [1.29, 1.82) is 0 Å². The number of ether oxygens (including phenoxy) is 2. The maximum atomic E-state index is 6.08. The lowest BCUT2D eigenvalue weighted by Gasteiger charge is -2.22. The maximum Gasteiger partial charge on any atom is 0.194 e. The third-order valence-electron chi connectivity index (χ3n) is 6.08. The zero-order valence-corrected chi connectivity index (χ0v) is 18.8. The Bertz CT molecular complexity index is 859. The fourth-order valence-electron chi connectivity index (χ4n) is 4.34. The molecule has 4 rings (SSSR count). The van der Waals surface area contributed by atoms with Gasteiger partial charge in [0, 0.05) is 52.0 Å². The fourth-order valence-corrected chi connectivity index (χ4v) is 4.34. The second kappa shape index (κ2) is 10.8. The molecule has 3 heterocycles. The molecular weight excluding hydrogens is 390 g/mol. The summed E-state index contributed by atoms with van der Waals surface area (Å²) in [6, 6.07) is 8.60. The van der Waals surface area contributed by atoms with Crippen LogP contribution < -0.4 is 5.32 Å². The standard InChI is InChI=1S/C24H35N5O2/c1-3-25-24(29-10-7-21(17-29)22-15-27-28(2)16-22)26-14-19-5-4-6-20(13-19)18-31-23-8-11-30-12-9-23/h4-6,13,15-16,21,23H,3,7-12,14,17-18H2,1-2H3,(H,25,26). The number of benzene rings is 1. The number of rotatable bonds is 7. The molecule has 2 aliphatic heterocycles. The average Bonchev–Trinajstić information content (AvgIpc) is 3.45. The normalized spacial score (nSPS) is 20.4. The number of nitrogens with one attached hydrogen (secondary N) is 1. The van der Waals surface area contributed by atoms with Gasteiger partial charge in [-0.05, 0) is 42.9 Å². The Balaban J connectivity index is 1.35. The number of aromatic nitrogens is 2. The highest BCUT2D eigenvalue weighted by Crippen LogP contribution is 2.26. The van der Waals surface area contributed by atoms with E-state index in [0.29, 0.717) is 25.2 Å². The Morgan fingerprint density at radius 3 is 2.87 bits per heavy atom. The lowest BCUT2D eigenvalue weighted by atomic mass is 10.0. The van der Waals surface area contributed by atoms with Gasteiger partial charge in [-0.2, -0.15) is 5.10 Å². The van der Waals surface area contributed by atoms with Gasteiger partial charge in [-0.25, -0.2) is 4.99 Å². The quantitative estimate of drug-likeness (QED) is 0.546. The molecule has 7 nitrogen and oxygen atoms in total. The number of guanidine groups is 1. The van der Waals surface area contributed by atoms with Crippen LogP contribution in [0.5, 0.6) is 0 Å². The molecule has 0 aliphatic carbocycles. The third kappa shape index (κ3) is 6.08. The molecule has 1 unspecified atom stereocenters. The van der Waals surface area contributed by atoms with E-state index in [1.807, 2.05) is 17.9 Å². The van der Waals surface area contributed by atoms with Crippen molar-refractivity contribution in [2.75, 3.05) is 32.8 Å². The summed E-state index contributed by atoms with van der Waals surface area (Å²) in [5.74, 6) is 1.51. The second-order valence-corrected chi connectivity index (χ2v) is 8.49. The van der Waals surface area contributed by atoms with E-state index >= 15 is 0 Å². The Morgan fingerprint density at radius 2 is 2.10 bits per heavy atom. The van der Waals surface area contributed by atoms with Crippen molar-refractivity contribution in [3.63, 3.8) is 0 Å². The van der Waals surface area contributed by atoms with Crippen LogP contribution in [-0.2, 0) is 29.7 Å². The van der Waals surface area contributed by atoms with Gasteiger partial charge in [0.1, 0.15) is 0 Å². The molecule has 7 heteroatoms. The first kappa shape index (κ1) is 21.8. The van der Waals surface area contributed by atoms with Gasteiger partial charge in [-0.1, -0.05) is 24.3 Å². The van der Waals surface area contributed by atoms with Crippen molar-refractivity contribution in [2.45, 2.75) is 51.4 Å². The smallest absolute Gasteiger partial charge is 0.194 e. The van der Waals surface area contributed by atoms with Crippen LogP contribution in [0.2, 0.25) is 0 Å². The van der Waals surface area contributed by atoms with E-state index in [-0.39, 0.29) is 0 Å². The first-order valence-electron chi connectivity index (χ1n) is 11.5. The lowest BCUT2D eigenvalue weighted by Crippen LogP contribution is -2.40. The summed E-state index contributed by atoms with van der Waals surface area (Å²) in [7, 11) is 1.98. The summed E-state index contributed by atoms with van der Waals surface area (Å²) >= 11 is 0. The van der Waals surface area contributed by atoms with Gasteiger partial charge in [0.15, 0.2) is 5.96 Å². The molecule has 2 fully saturated rings. The first-order valence-corrected chi connectivity index (χ1v) is 11.5. The highest BCUT2D eigenvalue weighted by atomic mass is 16.5. The number of hydrogen-bond acceptors (Lipinski definition) is 4. The Labute approximate surface area is 185 Å². The van der Waals surface area contributed by atoms with Gasteiger partial charge in [-0.15, -0.1) is 0 Å². The number of nitrogens with zero attached hydrogens (tertiary/aromatic N) is 4. The first-order chi connectivity index (χ1) is 15.2. The van der Waals surface area contributed by atoms with Gasteiger partial charge in [0.05, 0.1) is 25.5 Å². The Hall–Kier alpha value is -2.38. The van der Waals surface area contributed by atoms with Crippen LogP contribution in [0.15, 0.2) is 41.7 Å². The van der Waals surface area contributed by atoms with Crippen molar-refractivity contribution in [3.05, 3.63) is 53.3 Å². The number of aliphatic imine (C=N–C) groups is 1. The molecule has 2 saturated heterocycles. The van der Waals surface area contributed by atoms with Crippen LogP contribution in [0.4, 0.5) is 0 Å². The molecule has 0 bridgehead atoms. The van der Waals surface area contributed by atoms with Crippen molar-refractivity contribution < 1.29 is 9.47 Å². The van der Waals surface area contributed by atoms with Crippen LogP contribution in [-0.4, -0.2) is 59.6 Å². The maximum absolute atomic E-state index is 6.08. The van der Waals surface area contributed by atoms with Crippen molar-refractivity contribution in [1.82, 2.24) is 20.0 Å². The molecule has 0 radical (unpaired) electrons. The van der Waals surface area contributed by atoms with Crippen molar-refractivity contribution in [3.8, 4) is 0 Å². The topological polar surface area (TPSA) is 63.9 Å². The summed E-state index contributed by atoms with van der Waals surface area (Å²) in [6.07, 6.45) is 7.56. The predicted octanol–water partition coefficient (Wildman–Crippen LogP) is 3.07. The van der Waals surface area contributed by atoms with E-state index in [4.69, 9.17) is 14.5 Å².